The number of methoxy groups -OCH3 is 1. The molecule has 0 aliphatic heterocycles. The van der Waals surface area contributed by atoms with Gasteiger partial charge in [0, 0.05) is 12.4 Å². The summed E-state index contributed by atoms with van der Waals surface area (Å²) in [7, 11) is 1.53. The summed E-state index contributed by atoms with van der Waals surface area (Å²) in [4.78, 5) is 29.2. The van der Waals surface area contributed by atoms with Crippen molar-refractivity contribution < 1.29 is 14.3 Å². The van der Waals surface area contributed by atoms with Crippen LogP contribution < -0.4 is 15.4 Å². The highest BCUT2D eigenvalue weighted by atomic mass is 16.5. The molecule has 3 rings (SSSR count). The maximum Gasteiger partial charge on any atom is 0.257 e. The molecule has 0 fully saturated rings. The second kappa shape index (κ2) is 8.81. The minimum absolute atomic E-state index is 0.167. The Labute approximate surface area is 163 Å². The van der Waals surface area contributed by atoms with E-state index in [1.165, 1.54) is 25.6 Å². The number of carbonyl (C=O) groups excluding carboxylic acids is 2. The number of ether oxygens (including phenoxy) is 1. The number of hydrogen-bond acceptors (Lipinski definition) is 4. The zero-order valence-electron chi connectivity index (χ0n) is 15.7. The molecule has 0 saturated heterocycles. The Morgan fingerprint density at radius 2 is 1.57 bits per heavy atom. The van der Waals surface area contributed by atoms with Gasteiger partial charge in [-0.15, -0.1) is 0 Å². The van der Waals surface area contributed by atoms with E-state index >= 15 is 0 Å². The first-order valence-electron chi connectivity index (χ1n) is 8.83. The van der Waals surface area contributed by atoms with Gasteiger partial charge >= 0.3 is 0 Å². The predicted molar refractivity (Wildman–Crippen MR) is 108 cm³/mol. The molecule has 6 nitrogen and oxygen atoms in total. The van der Waals surface area contributed by atoms with Crippen LogP contribution in [-0.2, 0) is 0 Å². The number of rotatable bonds is 6. The molecule has 1 unspecified atom stereocenters. The van der Waals surface area contributed by atoms with E-state index in [0.717, 1.165) is 5.56 Å². The highest BCUT2D eigenvalue weighted by Gasteiger charge is 2.15. The van der Waals surface area contributed by atoms with E-state index in [9.17, 15) is 9.59 Å². The number of benzene rings is 2. The quantitative estimate of drug-likeness (QED) is 0.686. The maximum absolute atomic E-state index is 12.6. The van der Waals surface area contributed by atoms with Gasteiger partial charge in [0.1, 0.15) is 5.75 Å². The fourth-order valence-electron chi connectivity index (χ4n) is 2.74. The average molecular weight is 375 g/mol. The van der Waals surface area contributed by atoms with Gasteiger partial charge in [-0.2, -0.15) is 0 Å². The predicted octanol–water partition coefficient (Wildman–Crippen LogP) is 3.83. The fraction of sp³-hybridized carbons (Fsp3) is 0.136. The van der Waals surface area contributed by atoms with Crippen molar-refractivity contribution in [1.82, 2.24) is 10.3 Å². The van der Waals surface area contributed by atoms with Gasteiger partial charge in [0.2, 0.25) is 0 Å². The lowest BCUT2D eigenvalue weighted by atomic mass is 10.1. The molecule has 142 valence electrons. The number of hydrogen-bond donors (Lipinski definition) is 2. The van der Waals surface area contributed by atoms with Gasteiger partial charge in [-0.05, 0) is 30.7 Å². The minimum atomic E-state index is -0.372. The normalized spacial score (nSPS) is 11.4. The van der Waals surface area contributed by atoms with E-state index in [0.29, 0.717) is 17.0 Å². The molecule has 28 heavy (non-hydrogen) atoms. The Morgan fingerprint density at radius 3 is 2.29 bits per heavy atom. The first-order valence-corrected chi connectivity index (χ1v) is 8.83. The first kappa shape index (κ1) is 19.1. The lowest BCUT2D eigenvalue weighted by Gasteiger charge is -2.14. The van der Waals surface area contributed by atoms with Crippen LogP contribution in [0.15, 0.2) is 73.1 Å². The minimum Gasteiger partial charge on any atom is -0.495 e. The molecule has 1 aromatic heterocycles. The summed E-state index contributed by atoms with van der Waals surface area (Å²) in [6.45, 7) is 1.90. The summed E-state index contributed by atoms with van der Waals surface area (Å²) in [5, 5.41) is 5.69. The topological polar surface area (TPSA) is 80.3 Å². The average Bonchev–Trinajstić information content (AvgIpc) is 2.74. The van der Waals surface area contributed by atoms with Crippen molar-refractivity contribution >= 4 is 17.5 Å². The van der Waals surface area contributed by atoms with E-state index in [4.69, 9.17) is 4.74 Å². The number of para-hydroxylation sites is 2. The molecule has 0 saturated carbocycles. The number of aromatic nitrogens is 1. The third kappa shape index (κ3) is 4.54. The molecule has 6 heteroatoms. The van der Waals surface area contributed by atoms with Crippen molar-refractivity contribution in [3.05, 3.63) is 89.7 Å². The summed E-state index contributed by atoms with van der Waals surface area (Å²) >= 11 is 0. The zero-order valence-corrected chi connectivity index (χ0v) is 15.7. The molecule has 2 N–H and O–H groups in total. The van der Waals surface area contributed by atoms with Crippen LogP contribution >= 0.6 is 0 Å². The molecule has 0 aliphatic rings. The lowest BCUT2D eigenvalue weighted by Crippen LogP contribution is -2.27. The molecule has 0 spiro atoms. The Hall–Kier alpha value is -3.67. The Balaban J connectivity index is 1.72. The van der Waals surface area contributed by atoms with Crippen LogP contribution in [0.4, 0.5) is 5.69 Å². The van der Waals surface area contributed by atoms with Gasteiger partial charge < -0.3 is 15.4 Å². The SMILES string of the molecule is COc1ccccc1NC(=O)c1cncc(C(=O)NC(C)c2ccccc2)c1. The van der Waals surface area contributed by atoms with Gasteiger partial charge in [-0.3, -0.25) is 14.6 Å². The first-order chi connectivity index (χ1) is 13.6. The van der Waals surface area contributed by atoms with Crippen molar-refractivity contribution in [3.63, 3.8) is 0 Å². The standard InChI is InChI=1S/C22H21N3O3/c1-15(16-8-4-3-5-9-16)24-21(26)17-12-18(14-23-13-17)22(27)25-19-10-6-7-11-20(19)28-2/h3-15H,1-2H3,(H,24,26)(H,25,27). The van der Waals surface area contributed by atoms with Gasteiger partial charge in [0.15, 0.2) is 0 Å². The second-order valence-electron chi connectivity index (χ2n) is 6.22. The number of pyridine rings is 1. The molecule has 0 aliphatic carbocycles. The van der Waals surface area contributed by atoms with Crippen molar-refractivity contribution in [2.24, 2.45) is 0 Å². The second-order valence-corrected chi connectivity index (χ2v) is 6.22. The Morgan fingerprint density at radius 1 is 0.929 bits per heavy atom. The third-order valence-corrected chi connectivity index (χ3v) is 4.26. The molecule has 0 radical (unpaired) electrons. The number of nitrogens with zero attached hydrogens (tertiary/aromatic N) is 1. The van der Waals surface area contributed by atoms with Crippen molar-refractivity contribution in [3.8, 4) is 5.75 Å². The smallest absolute Gasteiger partial charge is 0.257 e. The van der Waals surface area contributed by atoms with Crippen molar-refractivity contribution in [1.29, 1.82) is 0 Å². The van der Waals surface area contributed by atoms with Crippen LogP contribution in [0.25, 0.3) is 0 Å². The van der Waals surface area contributed by atoms with Gasteiger partial charge in [-0.25, -0.2) is 0 Å². The molecule has 1 atom stereocenters. The van der Waals surface area contributed by atoms with Crippen LogP contribution in [-0.4, -0.2) is 23.9 Å². The van der Waals surface area contributed by atoms with E-state index < -0.39 is 0 Å². The van der Waals surface area contributed by atoms with Gasteiger partial charge in [0.05, 0.1) is 30.0 Å². The van der Waals surface area contributed by atoms with Crippen LogP contribution in [0.3, 0.4) is 0 Å². The molecule has 0 bridgehead atoms. The van der Waals surface area contributed by atoms with Crippen LogP contribution in [0.5, 0.6) is 5.75 Å². The zero-order chi connectivity index (χ0) is 19.9. The lowest BCUT2D eigenvalue weighted by molar-refractivity contribution is 0.0939. The molecule has 1 heterocycles. The third-order valence-electron chi connectivity index (χ3n) is 4.26. The molecular formula is C22H21N3O3. The summed E-state index contributed by atoms with van der Waals surface area (Å²) in [6, 6.07) is 18.1. The van der Waals surface area contributed by atoms with E-state index in [2.05, 4.69) is 15.6 Å². The Kier molecular flexibility index (Phi) is 6.01. The molecular weight excluding hydrogens is 354 g/mol. The van der Waals surface area contributed by atoms with Gasteiger partial charge in [-0.1, -0.05) is 42.5 Å². The summed E-state index contributed by atoms with van der Waals surface area (Å²) in [6.07, 6.45) is 2.86. The molecule has 2 aromatic carbocycles. The molecule has 3 aromatic rings. The summed E-state index contributed by atoms with van der Waals surface area (Å²) < 4.78 is 5.24. The number of anilines is 1. The van der Waals surface area contributed by atoms with E-state index in [1.54, 1.807) is 18.2 Å². The van der Waals surface area contributed by atoms with Crippen LogP contribution in [0.2, 0.25) is 0 Å². The maximum atomic E-state index is 12.6. The van der Waals surface area contributed by atoms with Crippen LogP contribution in [0, 0.1) is 0 Å². The fourth-order valence-corrected chi connectivity index (χ4v) is 2.74. The van der Waals surface area contributed by atoms with Crippen molar-refractivity contribution in [2.75, 3.05) is 12.4 Å². The summed E-state index contributed by atoms with van der Waals surface area (Å²) in [5.41, 5.74) is 2.14. The summed E-state index contributed by atoms with van der Waals surface area (Å²) in [5.74, 6) is -0.118. The van der Waals surface area contributed by atoms with Crippen molar-refractivity contribution in [2.45, 2.75) is 13.0 Å². The number of carbonyl (C=O) groups is 2. The Bertz CT molecular complexity index is 974. The van der Waals surface area contributed by atoms with Gasteiger partial charge in [0.25, 0.3) is 11.8 Å². The number of nitrogens with one attached hydrogen (secondary N) is 2. The monoisotopic (exact) mass is 375 g/mol. The highest BCUT2D eigenvalue weighted by molar-refractivity contribution is 6.06. The van der Waals surface area contributed by atoms with E-state index in [-0.39, 0.29) is 23.4 Å². The highest BCUT2D eigenvalue weighted by Crippen LogP contribution is 2.23. The van der Waals surface area contributed by atoms with E-state index in [1.807, 2.05) is 43.3 Å². The van der Waals surface area contributed by atoms with Crippen LogP contribution in [0.1, 0.15) is 39.2 Å². The molecule has 2 amide bonds. The largest absolute Gasteiger partial charge is 0.495 e. The number of amides is 2.